The quantitative estimate of drug-likeness (QED) is 0.615. The molecular weight excluding hydrogens is 326 g/mol. The minimum atomic E-state index is -0.716. The number of esters is 2. The smallest absolute Gasteiger partial charge is 0.417 e. The molecule has 1 aliphatic heterocycles. The Hall–Kier alpha value is -3.09. The molecule has 0 fully saturated rings. The molecule has 2 rings (SSSR count). The minimum Gasteiger partial charge on any atom is -0.466 e. The molecule has 1 aromatic rings. The molecule has 1 aliphatic rings. The van der Waals surface area contributed by atoms with Crippen LogP contribution in [0.1, 0.15) is 18.4 Å². The molecule has 7 heteroatoms. The van der Waals surface area contributed by atoms with Crippen LogP contribution in [0.25, 0.3) is 0 Å². The summed E-state index contributed by atoms with van der Waals surface area (Å²) in [7, 11) is 2.46. The van der Waals surface area contributed by atoms with Crippen molar-refractivity contribution in [3.63, 3.8) is 0 Å². The van der Waals surface area contributed by atoms with E-state index in [1.165, 1.54) is 26.6 Å². The van der Waals surface area contributed by atoms with Gasteiger partial charge in [0.15, 0.2) is 0 Å². The summed E-state index contributed by atoms with van der Waals surface area (Å²) in [5.74, 6) is -2.03. The van der Waals surface area contributed by atoms with Crippen LogP contribution in [0.2, 0.25) is 0 Å². The monoisotopic (exact) mass is 345 g/mol. The highest BCUT2D eigenvalue weighted by atomic mass is 16.6. The Morgan fingerprint density at radius 3 is 1.92 bits per heavy atom. The number of ether oxygens (including phenoxy) is 3. The van der Waals surface area contributed by atoms with Crippen LogP contribution >= 0.6 is 0 Å². The Morgan fingerprint density at radius 2 is 1.48 bits per heavy atom. The number of carbonyl (C=O) groups excluding carboxylic acids is 3. The zero-order valence-corrected chi connectivity index (χ0v) is 14.2. The van der Waals surface area contributed by atoms with E-state index in [1.54, 1.807) is 31.2 Å². The standard InChI is InChI=1S/C18H19NO6/c1-4-25-18(22)19-10-13(16(20)23-2)15(12-8-6-5-7-9-12)14(11-19)17(21)24-3/h5-11,15H,4H2,1-3H3. The lowest BCUT2D eigenvalue weighted by molar-refractivity contribution is -0.137. The van der Waals surface area contributed by atoms with E-state index in [4.69, 9.17) is 14.2 Å². The second-order valence-electron chi connectivity index (χ2n) is 5.10. The van der Waals surface area contributed by atoms with Crippen LogP contribution in [-0.2, 0) is 23.8 Å². The van der Waals surface area contributed by atoms with E-state index in [2.05, 4.69) is 0 Å². The third kappa shape index (κ3) is 3.88. The van der Waals surface area contributed by atoms with Gasteiger partial charge in [0, 0.05) is 12.4 Å². The molecule has 1 heterocycles. The lowest BCUT2D eigenvalue weighted by Crippen LogP contribution is -2.32. The van der Waals surface area contributed by atoms with Crippen molar-refractivity contribution in [1.29, 1.82) is 0 Å². The molecule has 7 nitrogen and oxygen atoms in total. The van der Waals surface area contributed by atoms with Crippen LogP contribution in [0.4, 0.5) is 4.79 Å². The number of benzene rings is 1. The summed E-state index contributed by atoms with van der Waals surface area (Å²) in [6, 6.07) is 8.95. The van der Waals surface area contributed by atoms with Gasteiger partial charge in [0.05, 0.1) is 37.9 Å². The summed E-state index contributed by atoms with van der Waals surface area (Å²) in [6.07, 6.45) is 1.92. The molecule has 0 unspecified atom stereocenters. The second-order valence-corrected chi connectivity index (χ2v) is 5.10. The number of hydrogen-bond donors (Lipinski definition) is 0. The highest BCUT2D eigenvalue weighted by Crippen LogP contribution is 2.37. The number of hydrogen-bond acceptors (Lipinski definition) is 6. The number of carbonyl (C=O) groups is 3. The van der Waals surface area contributed by atoms with Gasteiger partial charge < -0.3 is 14.2 Å². The molecule has 0 aliphatic carbocycles. The molecule has 0 saturated heterocycles. The molecule has 0 spiro atoms. The van der Waals surface area contributed by atoms with Gasteiger partial charge in [-0.15, -0.1) is 0 Å². The minimum absolute atomic E-state index is 0.129. The van der Waals surface area contributed by atoms with Crippen molar-refractivity contribution in [2.45, 2.75) is 12.8 Å². The van der Waals surface area contributed by atoms with Gasteiger partial charge in [0.1, 0.15) is 0 Å². The van der Waals surface area contributed by atoms with Crippen LogP contribution in [0, 0.1) is 0 Å². The summed E-state index contributed by atoms with van der Waals surface area (Å²) in [6.45, 7) is 1.81. The van der Waals surface area contributed by atoms with Gasteiger partial charge in [-0.1, -0.05) is 30.3 Å². The molecule has 0 bridgehead atoms. The normalized spacial score (nSPS) is 14.3. The molecule has 0 saturated carbocycles. The maximum Gasteiger partial charge on any atom is 0.417 e. The van der Waals surface area contributed by atoms with Crippen LogP contribution in [0.3, 0.4) is 0 Å². The summed E-state index contributed by atoms with van der Waals surface area (Å²) >= 11 is 0. The highest BCUT2D eigenvalue weighted by molar-refractivity contribution is 5.99. The fourth-order valence-electron chi connectivity index (χ4n) is 2.54. The van der Waals surface area contributed by atoms with E-state index < -0.39 is 23.9 Å². The number of rotatable bonds is 4. The van der Waals surface area contributed by atoms with Crippen LogP contribution in [-0.4, -0.2) is 43.8 Å². The van der Waals surface area contributed by atoms with Crippen molar-refractivity contribution in [3.05, 3.63) is 59.4 Å². The Balaban J connectivity index is 2.58. The Morgan fingerprint density at radius 1 is 0.960 bits per heavy atom. The number of amides is 1. The summed E-state index contributed by atoms with van der Waals surface area (Å²) in [5.41, 5.74) is 0.952. The van der Waals surface area contributed by atoms with E-state index in [-0.39, 0.29) is 17.8 Å². The van der Waals surface area contributed by atoms with E-state index >= 15 is 0 Å². The number of nitrogens with zero attached hydrogens (tertiary/aromatic N) is 1. The van der Waals surface area contributed by atoms with Crippen molar-refractivity contribution in [3.8, 4) is 0 Å². The predicted octanol–water partition coefficient (Wildman–Crippen LogP) is 2.36. The molecule has 0 radical (unpaired) electrons. The van der Waals surface area contributed by atoms with E-state index in [9.17, 15) is 14.4 Å². The molecule has 132 valence electrons. The third-order valence-electron chi connectivity index (χ3n) is 3.63. The van der Waals surface area contributed by atoms with Gasteiger partial charge in [-0.25, -0.2) is 14.4 Å². The largest absolute Gasteiger partial charge is 0.466 e. The SMILES string of the molecule is CCOC(=O)N1C=C(C(=O)OC)C(c2ccccc2)C(C(=O)OC)=C1. The highest BCUT2D eigenvalue weighted by Gasteiger charge is 2.36. The van der Waals surface area contributed by atoms with E-state index in [0.717, 1.165) is 4.90 Å². The molecule has 0 N–H and O–H groups in total. The molecule has 25 heavy (non-hydrogen) atoms. The molecule has 0 aromatic heterocycles. The van der Waals surface area contributed by atoms with E-state index in [0.29, 0.717) is 5.56 Å². The van der Waals surface area contributed by atoms with Gasteiger partial charge in [0.2, 0.25) is 0 Å². The first-order valence-electron chi connectivity index (χ1n) is 7.63. The van der Waals surface area contributed by atoms with Gasteiger partial charge in [-0.05, 0) is 12.5 Å². The zero-order chi connectivity index (χ0) is 18.4. The topological polar surface area (TPSA) is 82.1 Å². The van der Waals surface area contributed by atoms with Crippen LogP contribution in [0.5, 0.6) is 0 Å². The maximum atomic E-state index is 12.3. The fourth-order valence-corrected chi connectivity index (χ4v) is 2.54. The predicted molar refractivity (Wildman–Crippen MR) is 88.2 cm³/mol. The Labute approximate surface area is 145 Å². The Kier molecular flexibility index (Phi) is 5.94. The number of methoxy groups -OCH3 is 2. The van der Waals surface area contributed by atoms with Crippen LogP contribution < -0.4 is 0 Å². The van der Waals surface area contributed by atoms with Crippen molar-refractivity contribution in [2.24, 2.45) is 0 Å². The fraction of sp³-hybridized carbons (Fsp3) is 0.278. The maximum absolute atomic E-state index is 12.3. The van der Waals surface area contributed by atoms with Gasteiger partial charge in [-0.3, -0.25) is 4.90 Å². The molecule has 1 amide bonds. The summed E-state index contributed by atoms with van der Waals surface area (Å²) in [4.78, 5) is 37.7. The zero-order valence-electron chi connectivity index (χ0n) is 14.2. The molecular formula is C18H19NO6. The second kappa shape index (κ2) is 8.14. The lowest BCUT2D eigenvalue weighted by Gasteiger charge is -2.28. The summed E-state index contributed by atoms with van der Waals surface area (Å²) < 4.78 is 14.6. The third-order valence-corrected chi connectivity index (χ3v) is 3.63. The van der Waals surface area contributed by atoms with Crippen molar-refractivity contribution < 1.29 is 28.6 Å². The average molecular weight is 345 g/mol. The average Bonchev–Trinajstić information content (AvgIpc) is 2.66. The van der Waals surface area contributed by atoms with Gasteiger partial charge in [-0.2, -0.15) is 0 Å². The van der Waals surface area contributed by atoms with Gasteiger partial charge >= 0.3 is 18.0 Å². The summed E-state index contributed by atoms with van der Waals surface area (Å²) in [5, 5.41) is 0. The van der Waals surface area contributed by atoms with Crippen molar-refractivity contribution >= 4 is 18.0 Å². The van der Waals surface area contributed by atoms with Crippen LogP contribution in [0.15, 0.2) is 53.9 Å². The van der Waals surface area contributed by atoms with Crippen molar-refractivity contribution in [2.75, 3.05) is 20.8 Å². The Bertz CT molecular complexity index is 688. The first kappa shape index (κ1) is 18.3. The molecule has 1 aromatic carbocycles. The van der Waals surface area contributed by atoms with E-state index in [1.807, 2.05) is 6.07 Å². The van der Waals surface area contributed by atoms with Gasteiger partial charge in [0.25, 0.3) is 0 Å². The first-order valence-corrected chi connectivity index (χ1v) is 7.63. The van der Waals surface area contributed by atoms with Crippen molar-refractivity contribution in [1.82, 2.24) is 4.90 Å². The molecule has 0 atom stereocenters. The lowest BCUT2D eigenvalue weighted by atomic mass is 9.83. The first-order chi connectivity index (χ1) is 12.0.